The molecule has 0 aliphatic carbocycles. The van der Waals surface area contributed by atoms with Crippen LogP contribution < -0.4 is 5.32 Å². The molecule has 0 radical (unpaired) electrons. The Morgan fingerprint density at radius 1 is 1.50 bits per heavy atom. The van der Waals surface area contributed by atoms with Gasteiger partial charge in [0.05, 0.1) is 5.56 Å². The number of anilines is 1. The van der Waals surface area contributed by atoms with Gasteiger partial charge < -0.3 is 5.32 Å². The summed E-state index contributed by atoms with van der Waals surface area (Å²) < 4.78 is 1.73. The van der Waals surface area contributed by atoms with Crippen LogP contribution in [0.3, 0.4) is 0 Å². The molecule has 0 aliphatic heterocycles. The lowest BCUT2D eigenvalue weighted by molar-refractivity contribution is 0.102. The molecule has 0 aromatic carbocycles. The highest BCUT2D eigenvalue weighted by atomic mass is 32.1. The predicted octanol–water partition coefficient (Wildman–Crippen LogP) is 3.27. The summed E-state index contributed by atoms with van der Waals surface area (Å²) in [6.07, 6.45) is 1.77. The molecule has 0 fully saturated rings. The molecule has 2 heterocycles. The summed E-state index contributed by atoms with van der Waals surface area (Å²) in [5, 5.41) is 16.7. The third-order valence-corrected chi connectivity index (χ3v) is 4.22. The number of carbonyl (C=O) groups excluding carboxylic acids is 1. The van der Waals surface area contributed by atoms with Crippen molar-refractivity contribution in [2.24, 2.45) is 0 Å². The van der Waals surface area contributed by atoms with Gasteiger partial charge in [0, 0.05) is 17.1 Å². The van der Waals surface area contributed by atoms with E-state index in [2.05, 4.69) is 16.5 Å². The van der Waals surface area contributed by atoms with Gasteiger partial charge in [0.1, 0.15) is 11.1 Å². The minimum Gasteiger partial charge on any atom is -0.311 e. The second-order valence-corrected chi connectivity index (χ2v) is 6.05. The molecule has 0 saturated heterocycles. The monoisotopic (exact) mass is 288 g/mol. The number of nitriles is 1. The van der Waals surface area contributed by atoms with Crippen molar-refractivity contribution in [3.63, 3.8) is 0 Å². The molecule has 1 amide bonds. The molecule has 104 valence electrons. The van der Waals surface area contributed by atoms with Crippen LogP contribution in [0.1, 0.15) is 46.4 Å². The van der Waals surface area contributed by atoms with Crippen molar-refractivity contribution >= 4 is 22.2 Å². The largest absolute Gasteiger partial charge is 0.311 e. The highest BCUT2D eigenvalue weighted by Gasteiger charge is 2.17. The van der Waals surface area contributed by atoms with E-state index in [9.17, 15) is 4.79 Å². The molecule has 0 saturated carbocycles. The number of aromatic nitrogens is 2. The van der Waals surface area contributed by atoms with E-state index in [-0.39, 0.29) is 11.9 Å². The van der Waals surface area contributed by atoms with E-state index in [1.54, 1.807) is 16.9 Å². The van der Waals surface area contributed by atoms with E-state index in [0.717, 1.165) is 10.4 Å². The van der Waals surface area contributed by atoms with Gasteiger partial charge in [0.15, 0.2) is 5.69 Å². The fourth-order valence-electron chi connectivity index (χ4n) is 1.76. The van der Waals surface area contributed by atoms with Crippen LogP contribution >= 0.6 is 11.3 Å². The van der Waals surface area contributed by atoms with Gasteiger partial charge in [0.25, 0.3) is 5.91 Å². The van der Waals surface area contributed by atoms with Gasteiger partial charge in [-0.1, -0.05) is 0 Å². The number of carbonyl (C=O) groups is 1. The molecular weight excluding hydrogens is 272 g/mol. The summed E-state index contributed by atoms with van der Waals surface area (Å²) in [7, 11) is 0. The topological polar surface area (TPSA) is 70.7 Å². The number of thiophene rings is 1. The minimum absolute atomic E-state index is 0.206. The number of rotatable bonds is 3. The van der Waals surface area contributed by atoms with Crippen molar-refractivity contribution in [2.45, 2.75) is 33.7 Å². The maximum absolute atomic E-state index is 12.1. The van der Waals surface area contributed by atoms with Gasteiger partial charge in [-0.05, 0) is 39.3 Å². The zero-order valence-electron chi connectivity index (χ0n) is 11.9. The zero-order valence-corrected chi connectivity index (χ0v) is 12.7. The Kier molecular flexibility index (Phi) is 3.91. The molecule has 0 bridgehead atoms. The van der Waals surface area contributed by atoms with Crippen molar-refractivity contribution in [1.82, 2.24) is 9.78 Å². The van der Waals surface area contributed by atoms with Crippen LogP contribution in [0, 0.1) is 25.2 Å². The van der Waals surface area contributed by atoms with Crippen LogP contribution in [0.25, 0.3) is 0 Å². The molecule has 20 heavy (non-hydrogen) atoms. The first-order valence-corrected chi connectivity index (χ1v) is 7.12. The van der Waals surface area contributed by atoms with Gasteiger partial charge in [-0.3, -0.25) is 9.48 Å². The van der Waals surface area contributed by atoms with Crippen molar-refractivity contribution in [3.8, 4) is 6.07 Å². The van der Waals surface area contributed by atoms with Crippen molar-refractivity contribution in [2.75, 3.05) is 5.32 Å². The van der Waals surface area contributed by atoms with Gasteiger partial charge >= 0.3 is 0 Å². The molecule has 0 atom stereocenters. The van der Waals surface area contributed by atoms with Crippen LogP contribution in [0.5, 0.6) is 0 Å². The first-order valence-electron chi connectivity index (χ1n) is 6.30. The average Bonchev–Trinajstić information content (AvgIpc) is 2.96. The Bertz CT molecular complexity index is 691. The van der Waals surface area contributed by atoms with Crippen LogP contribution in [-0.4, -0.2) is 15.7 Å². The number of nitrogens with zero attached hydrogens (tertiary/aromatic N) is 3. The summed E-state index contributed by atoms with van der Waals surface area (Å²) >= 11 is 1.41. The Morgan fingerprint density at radius 2 is 2.20 bits per heavy atom. The molecule has 0 unspecified atom stereocenters. The lowest BCUT2D eigenvalue weighted by Gasteiger charge is -2.04. The van der Waals surface area contributed by atoms with Gasteiger partial charge in [-0.2, -0.15) is 10.4 Å². The van der Waals surface area contributed by atoms with Crippen LogP contribution in [0.4, 0.5) is 5.00 Å². The lowest BCUT2D eigenvalue weighted by Crippen LogP contribution is -2.13. The molecular formula is C14H16N4OS. The predicted molar refractivity (Wildman–Crippen MR) is 79.1 cm³/mol. The first-order chi connectivity index (χ1) is 9.43. The van der Waals surface area contributed by atoms with Crippen LogP contribution in [0.2, 0.25) is 0 Å². The summed E-state index contributed by atoms with van der Waals surface area (Å²) in [6, 6.07) is 4.02. The third kappa shape index (κ3) is 2.58. The lowest BCUT2D eigenvalue weighted by atomic mass is 10.2. The van der Waals surface area contributed by atoms with Gasteiger partial charge in [-0.25, -0.2) is 0 Å². The van der Waals surface area contributed by atoms with Crippen LogP contribution in [0.15, 0.2) is 12.3 Å². The Labute approximate surface area is 121 Å². The standard InChI is InChI=1S/C14H16N4OS/c1-8(2)18-6-5-12(17-18)13(19)16-14-11(7-15)9(3)10(4)20-14/h5-6,8H,1-4H3,(H,16,19). The number of hydrogen-bond donors (Lipinski definition) is 1. The number of aryl methyl sites for hydroxylation is 1. The van der Waals surface area contributed by atoms with Crippen molar-refractivity contribution in [3.05, 3.63) is 34.0 Å². The summed E-state index contributed by atoms with van der Waals surface area (Å²) in [5.74, 6) is -0.290. The maximum Gasteiger partial charge on any atom is 0.276 e. The van der Waals surface area contributed by atoms with E-state index in [1.807, 2.05) is 27.7 Å². The highest BCUT2D eigenvalue weighted by molar-refractivity contribution is 7.16. The number of nitrogens with one attached hydrogen (secondary N) is 1. The second-order valence-electron chi connectivity index (χ2n) is 4.83. The smallest absolute Gasteiger partial charge is 0.276 e. The molecule has 2 aromatic rings. The molecule has 0 spiro atoms. The fourth-order valence-corrected chi connectivity index (χ4v) is 2.77. The average molecular weight is 288 g/mol. The number of amides is 1. The van der Waals surface area contributed by atoms with Gasteiger partial charge in [-0.15, -0.1) is 11.3 Å². The maximum atomic E-state index is 12.1. The molecule has 0 aliphatic rings. The Hall–Kier alpha value is -2.13. The van der Waals surface area contributed by atoms with E-state index >= 15 is 0 Å². The molecule has 2 aromatic heterocycles. The Morgan fingerprint density at radius 3 is 2.75 bits per heavy atom. The van der Waals surface area contributed by atoms with Crippen LogP contribution in [-0.2, 0) is 0 Å². The molecule has 1 N–H and O–H groups in total. The van der Waals surface area contributed by atoms with E-state index in [0.29, 0.717) is 16.3 Å². The second kappa shape index (κ2) is 5.47. The summed E-state index contributed by atoms with van der Waals surface area (Å²) in [6.45, 7) is 7.81. The molecule has 6 heteroatoms. The SMILES string of the molecule is Cc1sc(NC(=O)c2ccn(C(C)C)n2)c(C#N)c1C. The minimum atomic E-state index is -0.290. The molecule has 5 nitrogen and oxygen atoms in total. The summed E-state index contributed by atoms with van der Waals surface area (Å²) in [5.41, 5.74) is 1.80. The van der Waals surface area contributed by atoms with E-state index in [1.165, 1.54) is 11.3 Å². The van der Waals surface area contributed by atoms with E-state index < -0.39 is 0 Å². The highest BCUT2D eigenvalue weighted by Crippen LogP contribution is 2.31. The van der Waals surface area contributed by atoms with Crippen molar-refractivity contribution < 1.29 is 4.79 Å². The summed E-state index contributed by atoms with van der Waals surface area (Å²) in [4.78, 5) is 13.2. The third-order valence-electron chi connectivity index (χ3n) is 3.09. The molecule has 2 rings (SSSR count). The quantitative estimate of drug-likeness (QED) is 0.942. The normalized spacial score (nSPS) is 10.6. The zero-order chi connectivity index (χ0) is 14.9. The Balaban J connectivity index is 2.24. The first kappa shape index (κ1) is 14.3. The van der Waals surface area contributed by atoms with Crippen molar-refractivity contribution in [1.29, 1.82) is 5.26 Å². The van der Waals surface area contributed by atoms with E-state index in [4.69, 9.17) is 5.26 Å². The van der Waals surface area contributed by atoms with Gasteiger partial charge in [0.2, 0.25) is 0 Å². The fraction of sp³-hybridized carbons (Fsp3) is 0.357. The number of hydrogen-bond acceptors (Lipinski definition) is 4.